The summed E-state index contributed by atoms with van der Waals surface area (Å²) in [6.45, 7) is 19.3. The molecule has 2 saturated heterocycles. The summed E-state index contributed by atoms with van der Waals surface area (Å²) in [6, 6.07) is 28.3. The number of hydrogen-bond acceptors (Lipinski definition) is 24. The summed E-state index contributed by atoms with van der Waals surface area (Å²) in [4.78, 5) is 87.0. The van der Waals surface area contributed by atoms with Crippen molar-refractivity contribution >= 4 is 198 Å². The first kappa shape index (κ1) is 123. The van der Waals surface area contributed by atoms with Crippen molar-refractivity contribution in [3.05, 3.63) is 249 Å². The van der Waals surface area contributed by atoms with Crippen molar-refractivity contribution in [3.63, 3.8) is 0 Å². The average Bonchev–Trinajstić information content (AvgIpc) is 0.730. The minimum absolute atomic E-state index is 0.0146. The number of carbonyl (C=O) groups excluding carboxylic acids is 3. The highest BCUT2D eigenvalue weighted by molar-refractivity contribution is 7.42. The number of fused-ring (bicyclic) bond motifs is 3. The summed E-state index contributed by atoms with van der Waals surface area (Å²) in [5, 5.41) is 19.5. The molecule has 0 aliphatic carbocycles. The first-order valence-electron chi connectivity index (χ1n) is 44.2. The number of benzene rings is 10. The fraction of sp³-hybridized carbons (Fsp3) is 0.290. The number of rotatable bonds is 16. The van der Waals surface area contributed by atoms with Gasteiger partial charge in [-0.25, -0.2) is 88.0 Å². The van der Waals surface area contributed by atoms with Crippen LogP contribution in [-0.2, 0) is 36.4 Å². The van der Waals surface area contributed by atoms with Gasteiger partial charge >= 0.3 is 31.9 Å². The number of nitrogens with one attached hydrogen (secondary N) is 2. The van der Waals surface area contributed by atoms with Gasteiger partial charge in [-0.15, -0.1) is 46.4 Å². The Morgan fingerprint density at radius 2 is 0.773 bits per heavy atom. The molecule has 0 atom stereocenters. The van der Waals surface area contributed by atoms with Gasteiger partial charge in [0.1, 0.15) is 133 Å². The molecule has 2 fully saturated rings. The highest BCUT2D eigenvalue weighted by Gasteiger charge is 2.35. The fourth-order valence-corrected chi connectivity index (χ4v) is 16.2. The maximum Gasteiger partial charge on any atom is 0.410 e. The zero-order valence-corrected chi connectivity index (χ0v) is 90.4. The van der Waals surface area contributed by atoms with Crippen LogP contribution >= 0.6 is 124 Å². The van der Waals surface area contributed by atoms with Crippen LogP contribution in [0.3, 0.4) is 0 Å². The number of nitrogen functional groups attached to an aromatic ring is 2. The number of halogens is 21. The Morgan fingerprint density at radius 3 is 1.10 bits per heavy atom. The Balaban J connectivity index is 0.000000244. The predicted molar refractivity (Wildman–Crippen MR) is 563 cm³/mol. The SMILES string of the molecule is CC(C)(C)OC(=O)N1CCNCC1.COC(=O)c1cc(Cl)c(-c2c(F)cccc2OC)c(F)c1N.COc1cccc(F)c1-c1c(Cl)cc(C(=O)O)c(N)c1F.COc1cccc(F)c1-c1c(Cl)cc2c(=O)[nH]c(CCl)nc2c1F.COc1cccc(F)c1-c1c(Cl)cc2c(Cl)nc(CCl)nc2c1F.COc1cccc(F)c1-c1c(Cl)cc2c(N3CCN(C(=O)OC(C)(C)C)CC3)nc(CCl)nc2c1F.C[P+](C)=O.N#CCCl.[2H]CF. The predicted octanol–water partition coefficient (Wildman–Crippen LogP) is 26.4. The van der Waals surface area contributed by atoms with E-state index in [-0.39, 0.29) is 200 Å². The molecule has 3 aromatic heterocycles. The molecule has 0 bridgehead atoms. The number of piperazine rings is 2. The number of esters is 1. The van der Waals surface area contributed by atoms with Crippen molar-refractivity contribution in [1.82, 2.24) is 45.0 Å². The number of ether oxygens (including phenoxy) is 8. The molecule has 2 aliphatic rings. The molecule has 15 rings (SSSR count). The Labute approximate surface area is 905 Å². The second-order valence-electron chi connectivity index (χ2n) is 32.8. The molecule has 0 unspecified atom stereocenters. The molecular weight excluding hydrogens is 2220 g/mol. The van der Waals surface area contributed by atoms with Crippen molar-refractivity contribution in [1.29, 1.82) is 5.26 Å². The third-order valence-electron chi connectivity index (χ3n) is 20.5. The van der Waals surface area contributed by atoms with Gasteiger partial charge in [0.05, 0.1) is 156 Å². The molecule has 5 heterocycles. The Bertz CT molecular complexity index is 7250. The number of hydrogen-bond donors (Lipinski definition) is 5. The van der Waals surface area contributed by atoms with E-state index in [1.165, 1.54) is 127 Å². The second-order valence-corrected chi connectivity index (χ2v) is 37.9. The van der Waals surface area contributed by atoms with Crippen LogP contribution in [0, 0.1) is 69.5 Å². The van der Waals surface area contributed by atoms with Crippen LogP contribution in [0.15, 0.2) is 126 Å². The molecule has 0 spiro atoms. The Kier molecular flexibility index (Phi) is 46.8. The number of nitrogens with two attached hydrogens (primary N) is 2. The summed E-state index contributed by atoms with van der Waals surface area (Å²) in [7, 11) is 5.92. The van der Waals surface area contributed by atoms with E-state index in [4.69, 9.17) is 172 Å². The van der Waals surface area contributed by atoms with Crippen molar-refractivity contribution in [2.75, 3.05) is 138 Å². The molecule has 13 aromatic rings. The van der Waals surface area contributed by atoms with Gasteiger partial charge < -0.3 is 79.5 Å². The zero-order valence-electron chi connectivity index (χ0n) is 83.0. The van der Waals surface area contributed by atoms with Crippen molar-refractivity contribution in [2.45, 2.75) is 70.4 Å². The van der Waals surface area contributed by atoms with E-state index in [0.717, 1.165) is 63.6 Å². The van der Waals surface area contributed by atoms with Crippen LogP contribution in [0.25, 0.3) is 88.3 Å². The van der Waals surface area contributed by atoms with E-state index in [1.54, 1.807) is 29.2 Å². The molecule has 2 aliphatic heterocycles. The van der Waals surface area contributed by atoms with Crippen LogP contribution < -0.4 is 50.9 Å². The van der Waals surface area contributed by atoms with Crippen molar-refractivity contribution in [2.24, 2.45) is 0 Å². The first-order chi connectivity index (χ1) is 71.3. The van der Waals surface area contributed by atoms with Crippen LogP contribution in [0.1, 0.15) is 81.1 Å². The monoisotopic (exact) mass is 2310 g/mol. The number of H-pyrrole nitrogens is 1. The number of nitriles is 1. The highest BCUT2D eigenvalue weighted by atomic mass is 35.5. The lowest BCUT2D eigenvalue weighted by Crippen LogP contribution is -2.50. The second kappa shape index (κ2) is 57.2. The Hall–Kier alpha value is -12.4. The lowest BCUT2D eigenvalue weighted by molar-refractivity contribution is 0.0223. The highest BCUT2D eigenvalue weighted by Crippen LogP contribution is 2.49. The van der Waals surface area contributed by atoms with Gasteiger partial charge in [-0.1, -0.05) is 105 Å². The number of anilines is 3. The number of carboxylic acids is 1. The van der Waals surface area contributed by atoms with Crippen molar-refractivity contribution in [3.8, 4) is 90.5 Å². The number of carbonyl (C=O) groups is 4. The topological polar surface area (TPSA) is 374 Å². The maximum absolute atomic E-state index is 16.0. The number of nitrogens with zero attached hydrogens (tertiary/aromatic N) is 9. The standard InChI is InChI=1S/C25H26Cl2F2N4O3.C16H9Cl3F2N2O.C16H10Cl2F2N2O2.C15H12ClF2NO3.C14H10ClF2NO3.C9H18N2O2.C2H2ClN.C2H6OP.CH3F/c1-25(2,3)36-24(34)33-10-8-32(9-11-33)23-14-12-15(27)19(20-16(28)6-5-7-17(20)35-4)21(29)22(14)30-18(13-26)31-23;1-24-10-4-2-3-9(20)13(10)12-8(18)5-7-15(14(12)21)22-11(6-17)23-16(7)19;1-24-10-4-2-3-9(19)13(10)12-8(18)5-7-15(14(12)20)21-11(6-17)22-16(7)23;1-21-10-5-3-4-9(17)12(10)11-8(16)6-7(15(20)22-2)14(19)13(11)18;1-21-9-4-2-3-8(16)11(9)10-7(15)5-6(14(19)20)13(18)12(10)17;1-9(2,3)13-8(12)11-6-4-10-5-7-11;3-1-2-4;1-4(2)3;1-2/h5-7,12H,8-11,13H2,1-4H3;2-5H,6H2,1H3;2-5H,6H2,1H3,(H,21,22,23);3-6H,19H2,1-2H3;2-5H,18H2,1H3,(H,19,20);10H,4-7H2,1-3H3;1H2;1-2H3;1H3/q;;;;;;;+1;/i;;;;;;;;1D. The van der Waals surface area contributed by atoms with E-state index in [2.05, 4.69) is 40.0 Å². The van der Waals surface area contributed by atoms with Crippen LogP contribution in [-0.4, -0.2) is 202 Å². The van der Waals surface area contributed by atoms with Crippen LogP contribution in [0.2, 0.25) is 30.3 Å². The molecular formula is C100H96Cl10F11N13O15P+. The molecule has 0 radical (unpaired) electrons. The van der Waals surface area contributed by atoms with Gasteiger partial charge in [-0.2, -0.15) is 5.26 Å². The minimum Gasteiger partial charge on any atom is -0.496 e. The zero-order chi connectivity index (χ0) is 113. The van der Waals surface area contributed by atoms with E-state index in [9.17, 15) is 63.7 Å². The van der Waals surface area contributed by atoms with Gasteiger partial charge in [0.25, 0.3) is 5.56 Å². The van der Waals surface area contributed by atoms with E-state index >= 15 is 13.2 Å². The quantitative estimate of drug-likeness (QED) is 0.0114. The number of methoxy groups -OCH3 is 6. The summed E-state index contributed by atoms with van der Waals surface area (Å²) < 4.78 is 212. The number of aromatic carboxylic acids is 1. The molecule has 50 heteroatoms. The average molecular weight is 2320 g/mol. The van der Waals surface area contributed by atoms with Gasteiger partial charge in [0.2, 0.25) is 0 Å². The summed E-state index contributed by atoms with van der Waals surface area (Å²) in [6.07, 6.45) is -0.595. The summed E-state index contributed by atoms with van der Waals surface area (Å²) >= 11 is 59.0. The normalized spacial score (nSPS) is 12.0. The molecule has 7 N–H and O–H groups in total. The number of aromatic nitrogens is 6. The van der Waals surface area contributed by atoms with Gasteiger partial charge in [-0.3, -0.25) is 9.18 Å². The van der Waals surface area contributed by atoms with E-state index < -0.39 is 119 Å². The fourth-order valence-electron chi connectivity index (χ4n) is 14.2. The number of alkyl halides is 5. The summed E-state index contributed by atoms with van der Waals surface area (Å²) in [5.74, 6) is -9.18. The lowest BCUT2D eigenvalue weighted by Gasteiger charge is -2.36. The smallest absolute Gasteiger partial charge is 0.410 e. The molecule has 150 heavy (non-hydrogen) atoms. The third kappa shape index (κ3) is 31.2. The number of aromatic amines is 1. The molecule has 10 aromatic carbocycles. The largest absolute Gasteiger partial charge is 0.496 e. The van der Waals surface area contributed by atoms with Crippen LogP contribution in [0.4, 0.5) is 75.1 Å². The Morgan fingerprint density at radius 1 is 0.467 bits per heavy atom. The van der Waals surface area contributed by atoms with Gasteiger partial charge in [0, 0.05) is 90.9 Å². The lowest BCUT2D eigenvalue weighted by atomic mass is 9.99. The number of carboxylic acid groups (broad SMARTS) is 1. The van der Waals surface area contributed by atoms with Gasteiger partial charge in [-0.05, 0) is 133 Å². The molecule has 2 amide bonds. The van der Waals surface area contributed by atoms with Gasteiger partial charge in [0.15, 0.2) is 29.1 Å². The first-order valence-corrected chi connectivity index (χ1v) is 50.1. The van der Waals surface area contributed by atoms with E-state index in [0.29, 0.717) is 37.4 Å². The number of amides is 2. The maximum atomic E-state index is 16.0. The molecule has 28 nitrogen and oxygen atoms in total. The van der Waals surface area contributed by atoms with E-state index in [1.807, 2.05) is 46.4 Å². The van der Waals surface area contributed by atoms with Crippen molar-refractivity contribution < 1.29 is 116 Å². The minimum atomic E-state index is -1.43. The molecule has 0 saturated carbocycles. The third-order valence-corrected chi connectivity index (χ3v) is 23.2. The summed E-state index contributed by atoms with van der Waals surface area (Å²) in [5.41, 5.74) is 5.46. The molecule has 802 valence electrons. The van der Waals surface area contributed by atoms with Crippen LogP contribution in [0.5, 0.6) is 28.7 Å².